The molecule has 0 saturated heterocycles. The molecule has 1 aliphatic heterocycles. The summed E-state index contributed by atoms with van der Waals surface area (Å²) in [5.74, 6) is -0.0450. The third kappa shape index (κ3) is 5.81. The average molecular weight is 412 g/mol. The third-order valence-corrected chi connectivity index (χ3v) is 5.22. The molecule has 0 aliphatic carbocycles. The lowest BCUT2D eigenvalue weighted by Gasteiger charge is -2.37. The normalized spacial score (nSPS) is 16.1. The van der Waals surface area contributed by atoms with E-state index in [9.17, 15) is 9.59 Å². The van der Waals surface area contributed by atoms with Crippen LogP contribution in [0.4, 0.5) is 4.79 Å². The molecular weight excluding hydrogens is 382 g/mol. The van der Waals surface area contributed by atoms with Gasteiger partial charge < -0.3 is 10.1 Å². The van der Waals surface area contributed by atoms with Crippen LogP contribution >= 0.6 is 0 Å². The first-order valence-corrected chi connectivity index (χ1v) is 10.2. The molecule has 1 unspecified atom stereocenters. The first kappa shape index (κ1) is 21.8. The molecule has 0 aromatic heterocycles. The summed E-state index contributed by atoms with van der Waals surface area (Å²) >= 11 is 0. The number of rotatable bonds is 7. The van der Waals surface area contributed by atoms with Crippen molar-refractivity contribution >= 4 is 12.0 Å². The standard InChI is InChI=1S/C23H29N3O4/c1-16(2)13-26-14-20-6-4-3-5-19(20)11-21(26)15-30-23(28)24-12-17-7-9-18(10-8-17)22(27)25-29/h3-10,16,21,29H,11-15H2,1-2H3,(H,24,28)(H,25,27). The maximum Gasteiger partial charge on any atom is 0.407 e. The second kappa shape index (κ2) is 10.2. The number of hydroxylamine groups is 1. The van der Waals surface area contributed by atoms with Gasteiger partial charge >= 0.3 is 6.09 Å². The molecular formula is C23H29N3O4. The van der Waals surface area contributed by atoms with Crippen molar-refractivity contribution in [3.8, 4) is 0 Å². The topological polar surface area (TPSA) is 90.9 Å². The van der Waals surface area contributed by atoms with Crippen LogP contribution in [0.5, 0.6) is 0 Å². The Labute approximate surface area is 177 Å². The molecule has 30 heavy (non-hydrogen) atoms. The minimum absolute atomic E-state index is 0.157. The summed E-state index contributed by atoms with van der Waals surface area (Å²) in [6.07, 6.45) is 0.403. The molecule has 1 aliphatic rings. The minimum atomic E-state index is -0.575. The number of carbonyl (C=O) groups excluding carboxylic acids is 2. The van der Waals surface area contributed by atoms with E-state index in [1.165, 1.54) is 11.1 Å². The molecule has 2 aromatic carbocycles. The van der Waals surface area contributed by atoms with E-state index in [0.29, 0.717) is 24.6 Å². The first-order chi connectivity index (χ1) is 14.5. The van der Waals surface area contributed by atoms with Crippen molar-refractivity contribution in [1.82, 2.24) is 15.7 Å². The summed E-state index contributed by atoms with van der Waals surface area (Å²) in [5.41, 5.74) is 5.42. The molecule has 7 heteroatoms. The molecule has 7 nitrogen and oxygen atoms in total. The average Bonchev–Trinajstić information content (AvgIpc) is 2.75. The second-order valence-electron chi connectivity index (χ2n) is 8.04. The number of nitrogens with zero attached hydrogens (tertiary/aromatic N) is 1. The third-order valence-electron chi connectivity index (χ3n) is 5.22. The molecule has 3 rings (SSSR count). The summed E-state index contributed by atoms with van der Waals surface area (Å²) in [7, 11) is 0. The molecule has 2 aromatic rings. The van der Waals surface area contributed by atoms with Gasteiger partial charge in [-0.2, -0.15) is 0 Å². The van der Waals surface area contributed by atoms with Gasteiger partial charge in [0.2, 0.25) is 0 Å². The van der Waals surface area contributed by atoms with Crippen LogP contribution < -0.4 is 10.8 Å². The van der Waals surface area contributed by atoms with Gasteiger partial charge in [0.1, 0.15) is 6.61 Å². The Morgan fingerprint density at radius 2 is 1.83 bits per heavy atom. The zero-order chi connectivity index (χ0) is 21.5. The van der Waals surface area contributed by atoms with E-state index >= 15 is 0 Å². The summed E-state index contributed by atoms with van der Waals surface area (Å²) in [6.45, 7) is 6.85. The quantitative estimate of drug-likeness (QED) is 0.481. The van der Waals surface area contributed by atoms with Crippen molar-refractivity contribution in [1.29, 1.82) is 0 Å². The van der Waals surface area contributed by atoms with E-state index in [0.717, 1.165) is 25.1 Å². The highest BCUT2D eigenvalue weighted by Gasteiger charge is 2.27. The Bertz CT molecular complexity index is 867. The van der Waals surface area contributed by atoms with Gasteiger partial charge in [-0.25, -0.2) is 10.3 Å². The van der Waals surface area contributed by atoms with Gasteiger partial charge in [-0.15, -0.1) is 0 Å². The van der Waals surface area contributed by atoms with Crippen LogP contribution in [-0.2, 0) is 24.2 Å². The summed E-state index contributed by atoms with van der Waals surface area (Å²) in [5, 5.41) is 11.4. The van der Waals surface area contributed by atoms with Gasteiger partial charge in [0.15, 0.2) is 0 Å². The van der Waals surface area contributed by atoms with Crippen LogP contribution in [0.1, 0.15) is 40.9 Å². The highest BCUT2D eigenvalue weighted by atomic mass is 16.5. The number of amides is 2. The molecule has 0 fully saturated rings. The van der Waals surface area contributed by atoms with Gasteiger partial charge in [0, 0.05) is 31.2 Å². The van der Waals surface area contributed by atoms with Crippen molar-refractivity contribution in [2.45, 2.75) is 39.4 Å². The van der Waals surface area contributed by atoms with Crippen molar-refractivity contribution in [3.05, 3.63) is 70.8 Å². The monoisotopic (exact) mass is 411 g/mol. The minimum Gasteiger partial charge on any atom is -0.448 e. The highest BCUT2D eigenvalue weighted by Crippen LogP contribution is 2.24. The van der Waals surface area contributed by atoms with Gasteiger partial charge in [-0.05, 0) is 41.2 Å². The number of carbonyl (C=O) groups is 2. The zero-order valence-corrected chi connectivity index (χ0v) is 17.4. The van der Waals surface area contributed by atoms with Crippen molar-refractivity contribution in [2.75, 3.05) is 13.2 Å². The first-order valence-electron chi connectivity index (χ1n) is 10.2. The van der Waals surface area contributed by atoms with E-state index in [4.69, 9.17) is 9.94 Å². The van der Waals surface area contributed by atoms with Gasteiger partial charge in [0.05, 0.1) is 0 Å². The van der Waals surface area contributed by atoms with Crippen LogP contribution in [0, 0.1) is 5.92 Å². The van der Waals surface area contributed by atoms with Crippen molar-refractivity contribution in [2.24, 2.45) is 5.92 Å². The maximum atomic E-state index is 12.2. The molecule has 0 radical (unpaired) electrons. The Morgan fingerprint density at radius 1 is 1.13 bits per heavy atom. The maximum absolute atomic E-state index is 12.2. The fourth-order valence-electron chi connectivity index (χ4n) is 3.72. The van der Waals surface area contributed by atoms with Crippen LogP contribution in [0.15, 0.2) is 48.5 Å². The number of benzene rings is 2. The fraction of sp³-hybridized carbons (Fsp3) is 0.391. The summed E-state index contributed by atoms with van der Waals surface area (Å²) < 4.78 is 5.52. The molecule has 1 atom stereocenters. The number of alkyl carbamates (subject to hydrolysis) is 1. The molecule has 0 saturated carbocycles. The largest absolute Gasteiger partial charge is 0.448 e. The number of nitrogens with one attached hydrogen (secondary N) is 2. The summed E-state index contributed by atoms with van der Waals surface area (Å²) in [4.78, 5) is 25.9. The number of hydrogen-bond donors (Lipinski definition) is 3. The molecule has 160 valence electrons. The smallest absolute Gasteiger partial charge is 0.407 e. The number of hydrogen-bond acceptors (Lipinski definition) is 5. The van der Waals surface area contributed by atoms with Crippen LogP contribution in [0.2, 0.25) is 0 Å². The molecule has 2 amide bonds. The van der Waals surface area contributed by atoms with Gasteiger partial charge in [-0.1, -0.05) is 50.2 Å². The van der Waals surface area contributed by atoms with Gasteiger partial charge in [0.25, 0.3) is 5.91 Å². The summed E-state index contributed by atoms with van der Waals surface area (Å²) in [6, 6.07) is 15.2. The van der Waals surface area contributed by atoms with Crippen molar-refractivity contribution < 1.29 is 19.5 Å². The van der Waals surface area contributed by atoms with E-state index in [1.807, 2.05) is 0 Å². The number of ether oxygens (including phenoxy) is 1. The molecule has 0 spiro atoms. The van der Waals surface area contributed by atoms with E-state index in [1.54, 1.807) is 29.7 Å². The van der Waals surface area contributed by atoms with Crippen molar-refractivity contribution in [3.63, 3.8) is 0 Å². The second-order valence-corrected chi connectivity index (χ2v) is 8.04. The predicted molar refractivity (Wildman–Crippen MR) is 113 cm³/mol. The highest BCUT2D eigenvalue weighted by molar-refractivity contribution is 5.93. The van der Waals surface area contributed by atoms with Crippen LogP contribution in [-0.4, -0.2) is 41.3 Å². The van der Waals surface area contributed by atoms with E-state index in [-0.39, 0.29) is 6.04 Å². The molecule has 3 N–H and O–H groups in total. The zero-order valence-electron chi connectivity index (χ0n) is 17.4. The van der Waals surface area contributed by atoms with E-state index < -0.39 is 12.0 Å². The lowest BCUT2D eigenvalue weighted by atomic mass is 9.93. The Balaban J connectivity index is 1.52. The lowest BCUT2D eigenvalue weighted by molar-refractivity contribution is 0.0705. The Morgan fingerprint density at radius 3 is 2.50 bits per heavy atom. The van der Waals surface area contributed by atoms with Crippen LogP contribution in [0.3, 0.4) is 0 Å². The van der Waals surface area contributed by atoms with Crippen LogP contribution in [0.25, 0.3) is 0 Å². The van der Waals surface area contributed by atoms with E-state index in [2.05, 4.69) is 48.3 Å². The predicted octanol–water partition coefficient (Wildman–Crippen LogP) is 3.11. The van der Waals surface area contributed by atoms with Gasteiger partial charge in [-0.3, -0.25) is 14.9 Å². The molecule has 1 heterocycles. The Kier molecular flexibility index (Phi) is 7.43. The molecule has 0 bridgehead atoms. The Hall–Kier alpha value is -2.90. The fourth-order valence-corrected chi connectivity index (χ4v) is 3.72. The SMILES string of the molecule is CC(C)CN1Cc2ccccc2CC1COC(=O)NCc1ccc(C(=O)NO)cc1. The lowest BCUT2D eigenvalue weighted by Crippen LogP contribution is -2.45. The number of fused-ring (bicyclic) bond motifs is 1.